The zero-order valence-corrected chi connectivity index (χ0v) is 6.05. The van der Waals surface area contributed by atoms with E-state index in [0.717, 1.165) is 6.42 Å². The molecular formula is C7H14O2. The molecule has 0 aromatic carbocycles. The van der Waals surface area contributed by atoms with E-state index in [0.29, 0.717) is 13.2 Å². The van der Waals surface area contributed by atoms with Crippen LogP contribution in [0.2, 0.25) is 0 Å². The highest BCUT2D eigenvalue weighted by molar-refractivity contribution is 4.80. The van der Waals surface area contributed by atoms with Crippen LogP contribution >= 0.6 is 0 Å². The van der Waals surface area contributed by atoms with Crippen molar-refractivity contribution in [1.29, 1.82) is 0 Å². The SMILES string of the molecule is CC1(C)COCC[C@H]1O. The number of aliphatic hydroxyl groups is 1. The smallest absolute Gasteiger partial charge is 0.0635 e. The number of rotatable bonds is 0. The summed E-state index contributed by atoms with van der Waals surface area (Å²) in [5.41, 5.74) is -0.0295. The van der Waals surface area contributed by atoms with Crippen molar-refractivity contribution in [2.75, 3.05) is 13.2 Å². The molecule has 0 bridgehead atoms. The van der Waals surface area contributed by atoms with Crippen molar-refractivity contribution in [1.82, 2.24) is 0 Å². The molecule has 54 valence electrons. The zero-order chi connectivity index (χ0) is 6.91. The summed E-state index contributed by atoms with van der Waals surface area (Å²) in [4.78, 5) is 0. The van der Waals surface area contributed by atoms with Crippen molar-refractivity contribution in [3.8, 4) is 0 Å². The molecule has 2 heteroatoms. The summed E-state index contributed by atoms with van der Waals surface area (Å²) in [6.07, 6.45) is 0.610. The Balaban J connectivity index is 2.49. The minimum atomic E-state index is -0.175. The molecule has 0 saturated carbocycles. The maximum Gasteiger partial charge on any atom is 0.0635 e. The van der Waals surface area contributed by atoms with Crippen LogP contribution in [0.3, 0.4) is 0 Å². The van der Waals surface area contributed by atoms with E-state index in [1.54, 1.807) is 0 Å². The normalized spacial score (nSPS) is 34.3. The Labute approximate surface area is 55.8 Å². The van der Waals surface area contributed by atoms with Crippen LogP contribution in [-0.2, 0) is 4.74 Å². The second kappa shape index (κ2) is 2.27. The second-order valence-corrected chi connectivity index (χ2v) is 3.35. The summed E-state index contributed by atoms with van der Waals surface area (Å²) in [7, 11) is 0. The van der Waals surface area contributed by atoms with Gasteiger partial charge in [-0.05, 0) is 6.42 Å². The van der Waals surface area contributed by atoms with E-state index in [1.807, 2.05) is 13.8 Å². The Morgan fingerprint density at radius 1 is 1.56 bits per heavy atom. The molecule has 1 N–H and O–H groups in total. The number of aliphatic hydroxyl groups excluding tert-OH is 1. The molecule has 9 heavy (non-hydrogen) atoms. The molecule has 0 amide bonds. The fourth-order valence-corrected chi connectivity index (χ4v) is 1.02. The molecule has 1 fully saturated rings. The summed E-state index contributed by atoms with van der Waals surface area (Å²) in [5, 5.41) is 9.36. The minimum absolute atomic E-state index is 0.0295. The van der Waals surface area contributed by atoms with Crippen LogP contribution in [0.5, 0.6) is 0 Å². The van der Waals surface area contributed by atoms with E-state index in [9.17, 15) is 5.11 Å². The molecule has 1 aliphatic rings. The molecule has 2 nitrogen and oxygen atoms in total. The first-order valence-corrected chi connectivity index (χ1v) is 3.39. The molecule has 0 radical (unpaired) electrons. The molecule has 0 aliphatic carbocycles. The maximum atomic E-state index is 9.36. The number of ether oxygens (including phenoxy) is 1. The van der Waals surface area contributed by atoms with Crippen LogP contribution < -0.4 is 0 Å². The van der Waals surface area contributed by atoms with Gasteiger partial charge in [-0.1, -0.05) is 13.8 Å². The summed E-state index contributed by atoms with van der Waals surface area (Å²) >= 11 is 0. The number of hydrogen-bond acceptors (Lipinski definition) is 2. The lowest BCUT2D eigenvalue weighted by Crippen LogP contribution is -2.39. The maximum absolute atomic E-state index is 9.36. The molecule has 1 heterocycles. The zero-order valence-electron chi connectivity index (χ0n) is 6.05. The van der Waals surface area contributed by atoms with Crippen LogP contribution in [0.25, 0.3) is 0 Å². The second-order valence-electron chi connectivity index (χ2n) is 3.35. The first-order chi connectivity index (χ1) is 4.13. The van der Waals surface area contributed by atoms with Gasteiger partial charge in [0.2, 0.25) is 0 Å². The first-order valence-electron chi connectivity index (χ1n) is 3.39. The molecule has 1 aliphatic heterocycles. The van der Waals surface area contributed by atoms with Gasteiger partial charge in [-0.3, -0.25) is 0 Å². The van der Waals surface area contributed by atoms with Crippen LogP contribution in [0.15, 0.2) is 0 Å². The summed E-state index contributed by atoms with van der Waals surface area (Å²) in [6.45, 7) is 5.45. The third kappa shape index (κ3) is 1.43. The van der Waals surface area contributed by atoms with Crippen molar-refractivity contribution in [2.24, 2.45) is 5.41 Å². The topological polar surface area (TPSA) is 29.5 Å². The highest BCUT2D eigenvalue weighted by Gasteiger charge is 2.30. The molecule has 0 unspecified atom stereocenters. The van der Waals surface area contributed by atoms with E-state index < -0.39 is 0 Å². The van der Waals surface area contributed by atoms with E-state index in [1.165, 1.54) is 0 Å². The molecule has 0 aromatic rings. The molecule has 1 atom stereocenters. The first kappa shape index (κ1) is 7.03. The Hall–Kier alpha value is -0.0800. The monoisotopic (exact) mass is 130 g/mol. The van der Waals surface area contributed by atoms with Gasteiger partial charge in [-0.25, -0.2) is 0 Å². The average Bonchev–Trinajstić information content (AvgIpc) is 1.77. The van der Waals surface area contributed by atoms with Gasteiger partial charge in [0, 0.05) is 12.0 Å². The van der Waals surface area contributed by atoms with Crippen molar-refractivity contribution >= 4 is 0 Å². The van der Waals surface area contributed by atoms with Crippen molar-refractivity contribution in [2.45, 2.75) is 26.4 Å². The molecular weight excluding hydrogens is 116 g/mol. The Bertz CT molecular complexity index is 99.1. The molecule has 1 saturated heterocycles. The van der Waals surface area contributed by atoms with Crippen LogP contribution in [0, 0.1) is 5.41 Å². The minimum Gasteiger partial charge on any atom is -0.392 e. The predicted molar refractivity (Wildman–Crippen MR) is 35.2 cm³/mol. The lowest BCUT2D eigenvalue weighted by Gasteiger charge is -2.34. The third-order valence-electron chi connectivity index (χ3n) is 1.91. The van der Waals surface area contributed by atoms with Gasteiger partial charge in [-0.15, -0.1) is 0 Å². The van der Waals surface area contributed by atoms with Gasteiger partial charge < -0.3 is 9.84 Å². The highest BCUT2D eigenvalue weighted by Crippen LogP contribution is 2.26. The fraction of sp³-hybridized carbons (Fsp3) is 1.00. The van der Waals surface area contributed by atoms with E-state index in [-0.39, 0.29) is 11.5 Å². The van der Waals surface area contributed by atoms with E-state index >= 15 is 0 Å². The third-order valence-corrected chi connectivity index (χ3v) is 1.91. The standard InChI is InChI=1S/C7H14O2/c1-7(2)5-9-4-3-6(7)8/h6,8H,3-5H2,1-2H3/t6-/m1/s1. The van der Waals surface area contributed by atoms with Crippen molar-refractivity contribution in [3.05, 3.63) is 0 Å². The summed E-state index contributed by atoms with van der Waals surface area (Å²) in [6, 6.07) is 0. The Morgan fingerprint density at radius 2 is 2.22 bits per heavy atom. The largest absolute Gasteiger partial charge is 0.392 e. The summed E-state index contributed by atoms with van der Waals surface area (Å²) < 4.78 is 5.20. The van der Waals surface area contributed by atoms with E-state index in [2.05, 4.69) is 0 Å². The fourth-order valence-electron chi connectivity index (χ4n) is 1.02. The van der Waals surface area contributed by atoms with Gasteiger partial charge in [0.05, 0.1) is 12.7 Å². The van der Waals surface area contributed by atoms with Crippen LogP contribution in [-0.4, -0.2) is 24.4 Å². The van der Waals surface area contributed by atoms with Gasteiger partial charge >= 0.3 is 0 Å². The van der Waals surface area contributed by atoms with E-state index in [4.69, 9.17) is 4.74 Å². The molecule has 0 spiro atoms. The summed E-state index contributed by atoms with van der Waals surface area (Å²) in [5.74, 6) is 0. The van der Waals surface area contributed by atoms with Crippen LogP contribution in [0.1, 0.15) is 20.3 Å². The quantitative estimate of drug-likeness (QED) is 0.525. The van der Waals surface area contributed by atoms with Crippen molar-refractivity contribution in [3.63, 3.8) is 0 Å². The van der Waals surface area contributed by atoms with Gasteiger partial charge in [0.1, 0.15) is 0 Å². The Morgan fingerprint density at radius 3 is 2.56 bits per heavy atom. The number of hydrogen-bond donors (Lipinski definition) is 1. The van der Waals surface area contributed by atoms with Gasteiger partial charge in [0.25, 0.3) is 0 Å². The Kier molecular flexibility index (Phi) is 1.78. The highest BCUT2D eigenvalue weighted by atomic mass is 16.5. The molecule has 1 rings (SSSR count). The van der Waals surface area contributed by atoms with Gasteiger partial charge in [-0.2, -0.15) is 0 Å². The lowest BCUT2D eigenvalue weighted by molar-refractivity contribution is -0.0803. The lowest BCUT2D eigenvalue weighted by atomic mass is 9.84. The van der Waals surface area contributed by atoms with Gasteiger partial charge in [0.15, 0.2) is 0 Å². The average molecular weight is 130 g/mol. The van der Waals surface area contributed by atoms with Crippen LogP contribution in [0.4, 0.5) is 0 Å². The van der Waals surface area contributed by atoms with Crippen molar-refractivity contribution < 1.29 is 9.84 Å². The predicted octanol–water partition coefficient (Wildman–Crippen LogP) is 0.794. The molecule has 0 aromatic heterocycles.